The molecule has 3 nitrogen and oxygen atoms in total. The van der Waals surface area contributed by atoms with E-state index < -0.39 is 4.95 Å². The lowest BCUT2D eigenvalue weighted by Gasteiger charge is -2.10. The van der Waals surface area contributed by atoms with Crippen molar-refractivity contribution in [2.75, 3.05) is 0 Å². The highest BCUT2D eigenvalue weighted by Crippen LogP contribution is 2.31. The Labute approximate surface area is 106 Å². The molecule has 14 heavy (non-hydrogen) atoms. The molecule has 0 spiro atoms. The van der Waals surface area contributed by atoms with E-state index in [1.165, 1.54) is 0 Å². The van der Waals surface area contributed by atoms with Crippen LogP contribution in [0.1, 0.15) is 10.4 Å². The van der Waals surface area contributed by atoms with E-state index in [4.69, 9.17) is 0 Å². The number of rotatable bonds is 3. The first-order valence-corrected chi connectivity index (χ1v) is 6.32. The van der Waals surface area contributed by atoms with Gasteiger partial charge in [-0.25, -0.2) is 0 Å². The second kappa shape index (κ2) is 5.23. The van der Waals surface area contributed by atoms with Gasteiger partial charge in [-0.2, -0.15) is 0 Å². The smallest absolute Gasteiger partial charge is 0.263 e. The van der Waals surface area contributed by atoms with Crippen molar-refractivity contribution in [3.8, 4) is 0 Å². The normalized spacial score (nSPS) is 14.8. The van der Waals surface area contributed by atoms with Gasteiger partial charge in [0.15, 0.2) is 0 Å². The molecule has 1 rings (SSSR count). The number of halogens is 3. The van der Waals surface area contributed by atoms with Gasteiger partial charge in [0.05, 0.1) is 0 Å². The maximum Gasteiger partial charge on any atom is 0.282 e. The number of hydrogen-bond acceptors (Lipinski definition) is 2. The zero-order valence-corrected chi connectivity index (χ0v) is 11.6. The van der Waals surface area contributed by atoms with Crippen LogP contribution >= 0.6 is 47.8 Å². The van der Waals surface area contributed by atoms with Gasteiger partial charge < -0.3 is 0 Å². The summed E-state index contributed by atoms with van der Waals surface area (Å²) in [5.74, 6) is 0. The van der Waals surface area contributed by atoms with E-state index in [0.717, 1.165) is 10.0 Å². The fraction of sp³-hybridized carbons (Fsp3) is 0.250. The van der Waals surface area contributed by atoms with Crippen molar-refractivity contribution in [3.05, 3.63) is 44.4 Å². The standard InChI is InChI=1S/C8H6Br3NO2/c9-6-3-1-5(2-4-6)7(10)8(11)12(13)14/h1-4,7-8H/t7-,8+/m1/s1. The fourth-order valence-corrected chi connectivity index (χ4v) is 1.98. The molecule has 0 saturated heterocycles. The van der Waals surface area contributed by atoms with E-state index in [2.05, 4.69) is 47.8 Å². The third kappa shape index (κ3) is 3.03. The van der Waals surface area contributed by atoms with Gasteiger partial charge in [0.25, 0.3) is 4.95 Å². The molecule has 0 radical (unpaired) electrons. The predicted molar refractivity (Wildman–Crippen MR) is 65.5 cm³/mol. The highest BCUT2D eigenvalue weighted by Gasteiger charge is 2.27. The minimum absolute atomic E-state index is 0.328. The molecule has 0 fully saturated rings. The zero-order valence-electron chi connectivity index (χ0n) is 6.86. The molecule has 0 bridgehead atoms. The summed E-state index contributed by atoms with van der Waals surface area (Å²) >= 11 is 9.58. The van der Waals surface area contributed by atoms with Gasteiger partial charge in [0.2, 0.25) is 0 Å². The van der Waals surface area contributed by atoms with Crippen LogP contribution in [0.4, 0.5) is 0 Å². The van der Waals surface area contributed by atoms with E-state index >= 15 is 0 Å². The van der Waals surface area contributed by atoms with Crippen LogP contribution in [-0.2, 0) is 0 Å². The van der Waals surface area contributed by atoms with Crippen LogP contribution in [0.3, 0.4) is 0 Å². The van der Waals surface area contributed by atoms with Gasteiger partial charge in [0.1, 0.15) is 4.83 Å². The Hall–Kier alpha value is 0.0600. The third-order valence-corrected chi connectivity index (χ3v) is 4.76. The van der Waals surface area contributed by atoms with Gasteiger partial charge in [0, 0.05) is 9.40 Å². The molecule has 2 atom stereocenters. The Bertz CT molecular complexity index is 328. The van der Waals surface area contributed by atoms with Crippen molar-refractivity contribution < 1.29 is 4.92 Å². The molecule has 0 aromatic heterocycles. The van der Waals surface area contributed by atoms with Crippen molar-refractivity contribution in [1.29, 1.82) is 0 Å². The summed E-state index contributed by atoms with van der Waals surface area (Å²) in [6, 6.07) is 7.37. The Morgan fingerprint density at radius 1 is 1.21 bits per heavy atom. The van der Waals surface area contributed by atoms with Crippen molar-refractivity contribution in [2.45, 2.75) is 9.78 Å². The summed E-state index contributed by atoms with van der Waals surface area (Å²) in [7, 11) is 0. The second-order valence-electron chi connectivity index (χ2n) is 2.61. The van der Waals surface area contributed by atoms with E-state index in [1.807, 2.05) is 24.3 Å². The van der Waals surface area contributed by atoms with E-state index in [0.29, 0.717) is 0 Å². The first kappa shape index (κ1) is 12.1. The number of benzene rings is 1. The summed E-state index contributed by atoms with van der Waals surface area (Å²) < 4.78 is 0.952. The monoisotopic (exact) mass is 385 g/mol. The Kier molecular flexibility index (Phi) is 4.53. The zero-order chi connectivity index (χ0) is 10.7. The first-order chi connectivity index (χ1) is 6.52. The average Bonchev–Trinajstić information content (AvgIpc) is 2.16. The number of alkyl halides is 2. The Morgan fingerprint density at radius 3 is 2.14 bits per heavy atom. The maximum absolute atomic E-state index is 10.5. The lowest BCUT2D eigenvalue weighted by atomic mass is 10.1. The molecule has 0 unspecified atom stereocenters. The van der Waals surface area contributed by atoms with Crippen molar-refractivity contribution in [2.24, 2.45) is 0 Å². The van der Waals surface area contributed by atoms with E-state index in [-0.39, 0.29) is 9.75 Å². The van der Waals surface area contributed by atoms with Crippen LogP contribution in [-0.4, -0.2) is 9.87 Å². The van der Waals surface area contributed by atoms with Crippen LogP contribution in [0.15, 0.2) is 28.7 Å². The van der Waals surface area contributed by atoms with Crippen molar-refractivity contribution in [3.63, 3.8) is 0 Å². The molecule has 0 N–H and O–H groups in total. The average molecular weight is 388 g/mol. The lowest BCUT2D eigenvalue weighted by Crippen LogP contribution is -2.16. The minimum Gasteiger partial charge on any atom is -0.263 e. The van der Waals surface area contributed by atoms with Gasteiger partial charge in [-0.05, 0) is 33.6 Å². The summed E-state index contributed by atoms with van der Waals surface area (Å²) in [4.78, 5) is 8.98. The van der Waals surface area contributed by atoms with Crippen molar-refractivity contribution in [1.82, 2.24) is 0 Å². The quantitative estimate of drug-likeness (QED) is 0.342. The van der Waals surface area contributed by atoms with Crippen LogP contribution < -0.4 is 0 Å². The molecular weight excluding hydrogens is 382 g/mol. The summed E-state index contributed by atoms with van der Waals surface area (Å²) in [5.41, 5.74) is 0.867. The molecule has 0 heterocycles. The molecule has 1 aromatic rings. The van der Waals surface area contributed by atoms with Crippen LogP contribution in [0.25, 0.3) is 0 Å². The highest BCUT2D eigenvalue weighted by molar-refractivity contribution is 9.12. The molecule has 0 saturated carbocycles. The molecule has 1 aromatic carbocycles. The molecule has 76 valence electrons. The molecule has 0 aliphatic rings. The highest BCUT2D eigenvalue weighted by atomic mass is 79.9. The van der Waals surface area contributed by atoms with E-state index in [9.17, 15) is 10.1 Å². The molecule has 0 aliphatic heterocycles. The molecule has 6 heteroatoms. The molecule has 0 amide bonds. The fourth-order valence-electron chi connectivity index (χ4n) is 0.912. The third-order valence-electron chi connectivity index (χ3n) is 1.63. The summed E-state index contributed by atoms with van der Waals surface area (Å²) in [6.45, 7) is 0. The van der Waals surface area contributed by atoms with Crippen molar-refractivity contribution >= 4 is 47.8 Å². The van der Waals surface area contributed by atoms with E-state index in [1.54, 1.807) is 0 Å². The lowest BCUT2D eigenvalue weighted by molar-refractivity contribution is -0.492. The number of nitro groups is 1. The van der Waals surface area contributed by atoms with Crippen LogP contribution in [0, 0.1) is 10.1 Å². The van der Waals surface area contributed by atoms with Crippen LogP contribution in [0.5, 0.6) is 0 Å². The largest absolute Gasteiger partial charge is 0.282 e. The van der Waals surface area contributed by atoms with Gasteiger partial charge >= 0.3 is 0 Å². The maximum atomic E-state index is 10.5. The van der Waals surface area contributed by atoms with Gasteiger partial charge in [-0.15, -0.1) is 0 Å². The van der Waals surface area contributed by atoms with Gasteiger partial charge in [-0.1, -0.05) is 44.0 Å². The second-order valence-corrected chi connectivity index (χ2v) is 5.45. The predicted octanol–water partition coefficient (Wildman–Crippen LogP) is 3.88. The Morgan fingerprint density at radius 2 is 1.71 bits per heavy atom. The Balaban J connectivity index is 2.84. The first-order valence-electron chi connectivity index (χ1n) is 3.69. The minimum atomic E-state index is -0.816. The SMILES string of the molecule is O=[N+]([O-])[C@H](Br)[C@H](Br)c1ccc(Br)cc1. The van der Waals surface area contributed by atoms with Gasteiger partial charge in [-0.3, -0.25) is 10.1 Å². The molecule has 0 aliphatic carbocycles. The molecular formula is C8H6Br3NO2. The number of nitrogens with zero attached hydrogens (tertiary/aromatic N) is 1. The number of hydrogen-bond donors (Lipinski definition) is 0. The summed E-state index contributed by atoms with van der Waals surface area (Å²) in [6.07, 6.45) is 0. The summed E-state index contributed by atoms with van der Waals surface area (Å²) in [5, 5.41) is 10.5. The topological polar surface area (TPSA) is 43.1 Å². The van der Waals surface area contributed by atoms with Crippen LogP contribution in [0.2, 0.25) is 0 Å².